The molecular formula is C19H14BrN3O5. The molecule has 0 atom stereocenters. The fraction of sp³-hybridized carbons (Fsp3) is 0.0526. The van der Waals surface area contributed by atoms with Crippen LogP contribution >= 0.6 is 15.9 Å². The van der Waals surface area contributed by atoms with Crippen LogP contribution in [0.4, 0.5) is 5.69 Å². The number of hydrazone groups is 1. The van der Waals surface area contributed by atoms with Crippen LogP contribution in [0.1, 0.15) is 5.76 Å². The molecule has 0 spiro atoms. The summed E-state index contributed by atoms with van der Waals surface area (Å²) >= 11 is 3.32. The number of non-ortho nitro benzene ring substituents is 1. The average Bonchev–Trinajstić information content (AvgIpc) is 3.15. The molecule has 0 saturated carbocycles. The van der Waals surface area contributed by atoms with Crippen molar-refractivity contribution in [1.82, 2.24) is 5.43 Å². The largest absolute Gasteiger partial charge is 0.484 e. The smallest absolute Gasteiger partial charge is 0.277 e. The number of hydrogen-bond acceptors (Lipinski definition) is 6. The Morgan fingerprint density at radius 2 is 2.04 bits per heavy atom. The fourth-order valence-corrected chi connectivity index (χ4v) is 2.63. The number of nitrogens with one attached hydrogen (secondary N) is 1. The minimum absolute atomic E-state index is 0.0261. The third-order valence-corrected chi connectivity index (χ3v) is 4.01. The summed E-state index contributed by atoms with van der Waals surface area (Å²) in [7, 11) is 0. The summed E-state index contributed by atoms with van der Waals surface area (Å²) in [5, 5.41) is 14.7. The van der Waals surface area contributed by atoms with Crippen molar-refractivity contribution in [3.8, 4) is 17.1 Å². The molecule has 1 heterocycles. The predicted molar refractivity (Wildman–Crippen MR) is 106 cm³/mol. The molecule has 0 aliphatic carbocycles. The van der Waals surface area contributed by atoms with Crippen molar-refractivity contribution in [2.75, 3.05) is 6.61 Å². The molecule has 8 nitrogen and oxygen atoms in total. The van der Waals surface area contributed by atoms with Gasteiger partial charge in [-0.25, -0.2) is 5.43 Å². The number of ether oxygens (including phenoxy) is 1. The van der Waals surface area contributed by atoms with Crippen LogP contribution < -0.4 is 10.2 Å². The van der Waals surface area contributed by atoms with Crippen LogP contribution in [0.15, 0.2) is 74.7 Å². The Bertz CT molecular complexity index is 1030. The molecule has 0 fully saturated rings. The molecule has 3 rings (SSSR count). The molecule has 1 amide bonds. The summed E-state index contributed by atoms with van der Waals surface area (Å²) in [6, 6.07) is 16.5. The lowest BCUT2D eigenvalue weighted by atomic mass is 10.1. The van der Waals surface area contributed by atoms with E-state index in [1.54, 1.807) is 42.5 Å². The molecule has 0 aliphatic heterocycles. The SMILES string of the molecule is O=C(COc1cccc(Br)c1)NN=Cc1ccc(-c2cccc([N+](=O)[O-])c2)o1. The van der Waals surface area contributed by atoms with E-state index < -0.39 is 10.8 Å². The summed E-state index contributed by atoms with van der Waals surface area (Å²) in [5.74, 6) is 0.965. The highest BCUT2D eigenvalue weighted by molar-refractivity contribution is 9.10. The number of nitro groups is 1. The van der Waals surface area contributed by atoms with E-state index in [0.717, 1.165) is 4.47 Å². The zero-order chi connectivity index (χ0) is 19.9. The van der Waals surface area contributed by atoms with Crippen LogP contribution in [0.5, 0.6) is 5.75 Å². The number of halogens is 1. The van der Waals surface area contributed by atoms with Crippen molar-refractivity contribution in [3.63, 3.8) is 0 Å². The third-order valence-electron chi connectivity index (χ3n) is 3.52. The number of hydrogen-bond donors (Lipinski definition) is 1. The molecule has 0 radical (unpaired) electrons. The van der Waals surface area contributed by atoms with E-state index in [1.165, 1.54) is 18.3 Å². The number of benzene rings is 2. The van der Waals surface area contributed by atoms with Gasteiger partial charge < -0.3 is 9.15 Å². The van der Waals surface area contributed by atoms with E-state index in [1.807, 2.05) is 6.07 Å². The van der Waals surface area contributed by atoms with Gasteiger partial charge in [0.25, 0.3) is 11.6 Å². The molecule has 1 N–H and O–H groups in total. The maximum atomic E-state index is 11.8. The number of rotatable bonds is 7. The third kappa shape index (κ3) is 5.27. The highest BCUT2D eigenvalue weighted by atomic mass is 79.9. The predicted octanol–water partition coefficient (Wildman–Crippen LogP) is 4.15. The Balaban J connectivity index is 1.54. The van der Waals surface area contributed by atoms with Crippen molar-refractivity contribution < 1.29 is 18.9 Å². The van der Waals surface area contributed by atoms with Crippen molar-refractivity contribution in [3.05, 3.63) is 81.0 Å². The van der Waals surface area contributed by atoms with Gasteiger partial charge in [0, 0.05) is 22.2 Å². The molecule has 1 aromatic heterocycles. The molecule has 2 aromatic carbocycles. The summed E-state index contributed by atoms with van der Waals surface area (Å²) in [5.41, 5.74) is 2.88. The maximum Gasteiger partial charge on any atom is 0.277 e. The molecule has 0 saturated heterocycles. The summed E-state index contributed by atoms with van der Waals surface area (Å²) in [6.07, 6.45) is 1.33. The topological polar surface area (TPSA) is 107 Å². The summed E-state index contributed by atoms with van der Waals surface area (Å²) < 4.78 is 11.8. The lowest BCUT2D eigenvalue weighted by Gasteiger charge is -2.04. The number of nitrogens with zero attached hydrogens (tertiary/aromatic N) is 2. The summed E-state index contributed by atoms with van der Waals surface area (Å²) in [6.45, 7) is -0.190. The van der Waals surface area contributed by atoms with Gasteiger partial charge in [0.2, 0.25) is 0 Å². The van der Waals surface area contributed by atoms with Gasteiger partial charge in [0.15, 0.2) is 6.61 Å². The first-order chi connectivity index (χ1) is 13.5. The normalized spacial score (nSPS) is 10.8. The zero-order valence-corrected chi connectivity index (χ0v) is 16.0. The first-order valence-electron chi connectivity index (χ1n) is 8.06. The van der Waals surface area contributed by atoms with Crippen molar-refractivity contribution in [2.45, 2.75) is 0 Å². The molecule has 142 valence electrons. The number of nitro benzene ring substituents is 1. The fourth-order valence-electron chi connectivity index (χ4n) is 2.26. The Hall–Kier alpha value is -3.46. The molecule has 28 heavy (non-hydrogen) atoms. The second-order valence-corrected chi connectivity index (χ2v) is 6.46. The van der Waals surface area contributed by atoms with E-state index in [4.69, 9.17) is 9.15 Å². The van der Waals surface area contributed by atoms with Crippen molar-refractivity contribution >= 4 is 33.7 Å². The van der Waals surface area contributed by atoms with Crippen LogP contribution in [0.3, 0.4) is 0 Å². The number of amides is 1. The Morgan fingerprint density at radius 3 is 2.82 bits per heavy atom. The van der Waals surface area contributed by atoms with Crippen LogP contribution in [-0.2, 0) is 4.79 Å². The minimum Gasteiger partial charge on any atom is -0.484 e. The van der Waals surface area contributed by atoms with Gasteiger partial charge in [-0.1, -0.05) is 34.1 Å². The van der Waals surface area contributed by atoms with E-state index in [-0.39, 0.29) is 12.3 Å². The quantitative estimate of drug-likeness (QED) is 0.335. The second kappa shape index (κ2) is 8.96. The van der Waals surface area contributed by atoms with Crippen LogP contribution in [-0.4, -0.2) is 23.7 Å². The highest BCUT2D eigenvalue weighted by Crippen LogP contribution is 2.25. The van der Waals surface area contributed by atoms with Gasteiger partial charge in [-0.15, -0.1) is 0 Å². The van der Waals surface area contributed by atoms with Gasteiger partial charge in [-0.05, 0) is 30.3 Å². The molecule has 0 bridgehead atoms. The van der Waals surface area contributed by atoms with Gasteiger partial charge in [-0.3, -0.25) is 14.9 Å². The van der Waals surface area contributed by atoms with Gasteiger partial charge in [-0.2, -0.15) is 5.10 Å². The molecule has 3 aromatic rings. The van der Waals surface area contributed by atoms with E-state index in [9.17, 15) is 14.9 Å². The molecule has 9 heteroatoms. The minimum atomic E-state index is -0.472. The monoisotopic (exact) mass is 443 g/mol. The standard InChI is InChI=1S/C19H14BrN3O5/c20-14-4-2-6-16(10-14)27-12-19(24)22-21-11-17-7-8-18(28-17)13-3-1-5-15(9-13)23(25)26/h1-11H,12H2,(H,22,24). The second-order valence-electron chi connectivity index (χ2n) is 5.55. The summed E-state index contributed by atoms with van der Waals surface area (Å²) in [4.78, 5) is 22.1. The number of furan rings is 1. The highest BCUT2D eigenvalue weighted by Gasteiger charge is 2.10. The van der Waals surface area contributed by atoms with E-state index in [0.29, 0.717) is 22.8 Å². The Morgan fingerprint density at radius 1 is 1.21 bits per heavy atom. The van der Waals surface area contributed by atoms with Gasteiger partial charge in [0.1, 0.15) is 17.3 Å². The molecular weight excluding hydrogens is 430 g/mol. The van der Waals surface area contributed by atoms with Gasteiger partial charge >= 0.3 is 0 Å². The van der Waals surface area contributed by atoms with E-state index in [2.05, 4.69) is 26.5 Å². The zero-order valence-electron chi connectivity index (χ0n) is 14.4. The van der Waals surface area contributed by atoms with Crippen molar-refractivity contribution in [1.29, 1.82) is 0 Å². The first kappa shape index (κ1) is 19.3. The lowest BCUT2D eigenvalue weighted by molar-refractivity contribution is -0.384. The molecule has 0 aliphatic rings. The maximum absolute atomic E-state index is 11.8. The van der Waals surface area contributed by atoms with Crippen LogP contribution in [0.25, 0.3) is 11.3 Å². The number of carbonyl (C=O) groups is 1. The lowest BCUT2D eigenvalue weighted by Crippen LogP contribution is -2.24. The van der Waals surface area contributed by atoms with Gasteiger partial charge in [0.05, 0.1) is 11.1 Å². The van der Waals surface area contributed by atoms with Crippen LogP contribution in [0.2, 0.25) is 0 Å². The Labute approximate surface area is 168 Å². The van der Waals surface area contributed by atoms with E-state index >= 15 is 0 Å². The Kier molecular flexibility index (Phi) is 6.18. The average molecular weight is 444 g/mol. The number of carbonyl (C=O) groups excluding carboxylic acids is 1. The molecule has 0 unspecified atom stereocenters. The van der Waals surface area contributed by atoms with Crippen molar-refractivity contribution in [2.24, 2.45) is 5.10 Å². The van der Waals surface area contributed by atoms with Crippen LogP contribution in [0, 0.1) is 10.1 Å². The first-order valence-corrected chi connectivity index (χ1v) is 8.85.